The lowest BCUT2D eigenvalue weighted by Gasteiger charge is -2.09. The largest absolute Gasteiger partial charge is 0.504 e. The summed E-state index contributed by atoms with van der Waals surface area (Å²) in [4.78, 5) is 12.0. The molecule has 0 saturated carbocycles. The van der Waals surface area contributed by atoms with Crippen molar-refractivity contribution in [3.05, 3.63) is 65.7 Å². The standard InChI is InChI=1S/C18H14O5/c19-15-8-13(9-16(20)17(15)21)18(22)23-10-12-6-3-5-11-4-1-2-7-14(11)12/h1-9,19-21H,10H2. The molecule has 0 radical (unpaired) electrons. The van der Waals surface area contributed by atoms with E-state index in [-0.39, 0.29) is 12.2 Å². The third-order valence-corrected chi connectivity index (χ3v) is 3.54. The predicted octanol–water partition coefficient (Wildman–Crippen LogP) is 3.31. The van der Waals surface area contributed by atoms with Gasteiger partial charge in [0, 0.05) is 0 Å². The Labute approximate surface area is 132 Å². The summed E-state index contributed by atoms with van der Waals surface area (Å²) in [6.07, 6.45) is 0. The summed E-state index contributed by atoms with van der Waals surface area (Å²) in [5.74, 6) is -2.54. The fourth-order valence-corrected chi connectivity index (χ4v) is 2.37. The average Bonchev–Trinajstić information content (AvgIpc) is 2.57. The molecule has 0 bridgehead atoms. The number of carbonyl (C=O) groups is 1. The van der Waals surface area contributed by atoms with Gasteiger partial charge in [-0.2, -0.15) is 0 Å². The van der Waals surface area contributed by atoms with E-state index in [1.807, 2.05) is 42.5 Å². The minimum atomic E-state index is -0.705. The minimum Gasteiger partial charge on any atom is -0.504 e. The summed E-state index contributed by atoms with van der Waals surface area (Å²) in [6, 6.07) is 15.5. The number of rotatable bonds is 3. The number of hydrogen-bond donors (Lipinski definition) is 3. The topological polar surface area (TPSA) is 87.0 Å². The van der Waals surface area contributed by atoms with Crippen LogP contribution in [0.3, 0.4) is 0 Å². The Morgan fingerprint density at radius 1 is 0.913 bits per heavy atom. The van der Waals surface area contributed by atoms with E-state index >= 15 is 0 Å². The first-order valence-electron chi connectivity index (χ1n) is 6.95. The zero-order chi connectivity index (χ0) is 16.4. The van der Waals surface area contributed by atoms with Gasteiger partial charge < -0.3 is 20.1 Å². The van der Waals surface area contributed by atoms with Gasteiger partial charge in [0.25, 0.3) is 0 Å². The van der Waals surface area contributed by atoms with E-state index in [2.05, 4.69) is 0 Å². The Hall–Kier alpha value is -3.21. The van der Waals surface area contributed by atoms with Gasteiger partial charge in [-0.05, 0) is 28.5 Å². The summed E-state index contributed by atoms with van der Waals surface area (Å²) < 4.78 is 5.23. The van der Waals surface area contributed by atoms with Crippen LogP contribution < -0.4 is 0 Å². The van der Waals surface area contributed by atoms with Crippen LogP contribution in [-0.2, 0) is 11.3 Å². The maximum atomic E-state index is 12.0. The molecule has 0 amide bonds. The lowest BCUT2D eigenvalue weighted by molar-refractivity contribution is 0.0473. The van der Waals surface area contributed by atoms with Crippen molar-refractivity contribution in [1.29, 1.82) is 0 Å². The van der Waals surface area contributed by atoms with Crippen LogP contribution >= 0.6 is 0 Å². The van der Waals surface area contributed by atoms with Crippen LogP contribution in [0.25, 0.3) is 10.8 Å². The van der Waals surface area contributed by atoms with Crippen LogP contribution in [0.5, 0.6) is 17.2 Å². The van der Waals surface area contributed by atoms with E-state index in [0.717, 1.165) is 28.5 Å². The van der Waals surface area contributed by atoms with Gasteiger partial charge >= 0.3 is 5.97 Å². The number of phenols is 3. The maximum Gasteiger partial charge on any atom is 0.338 e. The number of ether oxygens (including phenoxy) is 1. The first kappa shape index (κ1) is 14.7. The van der Waals surface area contributed by atoms with Crippen molar-refractivity contribution in [3.63, 3.8) is 0 Å². The molecule has 0 aromatic heterocycles. The van der Waals surface area contributed by atoms with Gasteiger partial charge in [0.2, 0.25) is 0 Å². The number of phenolic OH excluding ortho intramolecular Hbond substituents is 3. The van der Waals surface area contributed by atoms with Crippen molar-refractivity contribution in [2.75, 3.05) is 0 Å². The molecule has 3 aromatic rings. The smallest absolute Gasteiger partial charge is 0.338 e. The molecule has 0 saturated heterocycles. The fraction of sp³-hybridized carbons (Fsp3) is 0.0556. The SMILES string of the molecule is O=C(OCc1cccc2ccccc12)c1cc(O)c(O)c(O)c1. The van der Waals surface area contributed by atoms with E-state index < -0.39 is 23.2 Å². The Morgan fingerprint density at radius 2 is 1.57 bits per heavy atom. The van der Waals surface area contributed by atoms with E-state index in [1.54, 1.807) is 0 Å². The maximum absolute atomic E-state index is 12.0. The van der Waals surface area contributed by atoms with E-state index in [1.165, 1.54) is 0 Å². The molecule has 5 nitrogen and oxygen atoms in total. The summed E-state index contributed by atoms with van der Waals surface area (Å²) in [5, 5.41) is 30.2. The number of esters is 1. The molecule has 23 heavy (non-hydrogen) atoms. The molecule has 0 aliphatic carbocycles. The van der Waals surface area contributed by atoms with Gasteiger partial charge in [-0.25, -0.2) is 4.79 Å². The third kappa shape index (κ3) is 2.89. The predicted molar refractivity (Wildman–Crippen MR) is 84.5 cm³/mol. The van der Waals surface area contributed by atoms with E-state index in [9.17, 15) is 20.1 Å². The Kier molecular flexibility index (Phi) is 3.76. The lowest BCUT2D eigenvalue weighted by atomic mass is 10.1. The average molecular weight is 310 g/mol. The van der Waals surface area contributed by atoms with Crippen molar-refractivity contribution < 1.29 is 24.9 Å². The zero-order valence-electron chi connectivity index (χ0n) is 12.1. The van der Waals surface area contributed by atoms with Crippen molar-refractivity contribution in [2.24, 2.45) is 0 Å². The Morgan fingerprint density at radius 3 is 2.30 bits per heavy atom. The van der Waals surface area contributed by atoms with Gasteiger partial charge in [0.05, 0.1) is 5.56 Å². The molecule has 0 unspecified atom stereocenters. The molecule has 116 valence electrons. The number of fused-ring (bicyclic) bond motifs is 1. The molecule has 3 rings (SSSR count). The zero-order valence-corrected chi connectivity index (χ0v) is 12.1. The van der Waals surface area contributed by atoms with Crippen molar-refractivity contribution in [2.45, 2.75) is 6.61 Å². The highest BCUT2D eigenvalue weighted by molar-refractivity contribution is 5.91. The normalized spacial score (nSPS) is 10.6. The van der Waals surface area contributed by atoms with Crippen LogP contribution in [0.15, 0.2) is 54.6 Å². The van der Waals surface area contributed by atoms with Gasteiger partial charge in [-0.3, -0.25) is 0 Å². The minimum absolute atomic E-state index is 0.0435. The van der Waals surface area contributed by atoms with Crippen molar-refractivity contribution in [1.82, 2.24) is 0 Å². The molecule has 3 aromatic carbocycles. The molecule has 0 atom stereocenters. The quantitative estimate of drug-likeness (QED) is 0.510. The van der Waals surface area contributed by atoms with E-state index in [0.29, 0.717) is 0 Å². The highest BCUT2D eigenvalue weighted by Crippen LogP contribution is 2.35. The Bertz CT molecular complexity index is 857. The van der Waals surface area contributed by atoms with Gasteiger partial charge in [-0.15, -0.1) is 0 Å². The second-order valence-corrected chi connectivity index (χ2v) is 5.08. The lowest BCUT2D eigenvalue weighted by Crippen LogP contribution is -2.05. The van der Waals surface area contributed by atoms with Crippen molar-refractivity contribution in [3.8, 4) is 17.2 Å². The molecule has 0 aliphatic rings. The fourth-order valence-electron chi connectivity index (χ4n) is 2.37. The highest BCUT2D eigenvalue weighted by atomic mass is 16.5. The number of benzene rings is 3. The molecule has 0 heterocycles. The van der Waals surface area contributed by atoms with Crippen LogP contribution in [0.1, 0.15) is 15.9 Å². The van der Waals surface area contributed by atoms with Crippen LogP contribution in [0.2, 0.25) is 0 Å². The van der Waals surface area contributed by atoms with Crippen LogP contribution in [0, 0.1) is 0 Å². The molecule has 0 fully saturated rings. The number of carbonyl (C=O) groups excluding carboxylic acids is 1. The summed E-state index contributed by atoms with van der Waals surface area (Å²) in [6.45, 7) is 0.0581. The van der Waals surface area contributed by atoms with Gasteiger partial charge in [0.15, 0.2) is 17.2 Å². The van der Waals surface area contributed by atoms with Crippen molar-refractivity contribution >= 4 is 16.7 Å². The molecule has 5 heteroatoms. The Balaban J connectivity index is 1.81. The van der Waals surface area contributed by atoms with Crippen LogP contribution in [-0.4, -0.2) is 21.3 Å². The highest BCUT2D eigenvalue weighted by Gasteiger charge is 2.15. The number of aromatic hydroxyl groups is 3. The number of hydrogen-bond acceptors (Lipinski definition) is 5. The molecular weight excluding hydrogens is 296 g/mol. The van der Waals surface area contributed by atoms with E-state index in [4.69, 9.17) is 4.74 Å². The summed E-state index contributed by atoms with van der Waals surface area (Å²) in [5.41, 5.74) is 0.807. The van der Waals surface area contributed by atoms with Gasteiger partial charge in [-0.1, -0.05) is 42.5 Å². The second kappa shape index (κ2) is 5.88. The second-order valence-electron chi connectivity index (χ2n) is 5.08. The first-order chi connectivity index (χ1) is 11.1. The molecule has 0 aliphatic heterocycles. The monoisotopic (exact) mass is 310 g/mol. The van der Waals surface area contributed by atoms with Crippen LogP contribution in [0.4, 0.5) is 0 Å². The summed E-state index contributed by atoms with van der Waals surface area (Å²) >= 11 is 0. The first-order valence-corrected chi connectivity index (χ1v) is 6.95. The molecule has 0 spiro atoms. The third-order valence-electron chi connectivity index (χ3n) is 3.54. The summed E-state index contributed by atoms with van der Waals surface area (Å²) in [7, 11) is 0. The van der Waals surface area contributed by atoms with Gasteiger partial charge in [0.1, 0.15) is 6.61 Å². The molecular formula is C18H14O5. The molecule has 3 N–H and O–H groups in total.